The molecule has 0 radical (unpaired) electrons. The van der Waals surface area contributed by atoms with E-state index < -0.39 is 0 Å². The van der Waals surface area contributed by atoms with Crippen LogP contribution in [0.4, 0.5) is 0 Å². The van der Waals surface area contributed by atoms with Gasteiger partial charge in [0.2, 0.25) is 0 Å². The number of hydrogen-bond donors (Lipinski definition) is 0. The molecule has 0 aliphatic carbocycles. The Morgan fingerprint density at radius 1 is 1.50 bits per heavy atom. The van der Waals surface area contributed by atoms with E-state index in [0.29, 0.717) is 6.54 Å². The van der Waals surface area contributed by atoms with Gasteiger partial charge in [-0.2, -0.15) is 5.10 Å². The van der Waals surface area contributed by atoms with Crippen LogP contribution >= 0.6 is 0 Å². The monoisotopic (exact) mass is 167 g/mol. The first-order valence-corrected chi connectivity index (χ1v) is 4.49. The minimum Gasteiger partial charge on any atom is -0.279 e. The molecule has 2 heterocycles. The summed E-state index contributed by atoms with van der Waals surface area (Å²) in [6.07, 6.45) is 3.24. The van der Waals surface area contributed by atoms with Crippen molar-refractivity contribution in [2.24, 2.45) is 0 Å². The molecular weight excluding hydrogens is 154 g/mol. The third-order valence-electron chi connectivity index (χ3n) is 2.33. The predicted molar refractivity (Wildman–Crippen MR) is 45.1 cm³/mol. The van der Waals surface area contributed by atoms with Crippen molar-refractivity contribution in [2.45, 2.75) is 39.3 Å². The smallest absolute Gasteiger partial charge is 0.279 e. The van der Waals surface area contributed by atoms with Crippen LogP contribution in [0.5, 0.6) is 0 Å². The number of rotatable bonds is 1. The molecule has 66 valence electrons. The summed E-state index contributed by atoms with van der Waals surface area (Å²) >= 11 is 0. The summed E-state index contributed by atoms with van der Waals surface area (Å²) in [5, 5.41) is 4.24. The topological polar surface area (TPSA) is 39.8 Å². The lowest BCUT2D eigenvalue weighted by molar-refractivity contribution is 0.511. The second kappa shape index (κ2) is 2.77. The summed E-state index contributed by atoms with van der Waals surface area (Å²) in [4.78, 5) is 11.5. The van der Waals surface area contributed by atoms with Gasteiger partial charge in [-0.05, 0) is 19.8 Å². The van der Waals surface area contributed by atoms with E-state index in [1.54, 1.807) is 9.25 Å². The summed E-state index contributed by atoms with van der Waals surface area (Å²) in [6.45, 7) is 3.48. The van der Waals surface area contributed by atoms with Crippen molar-refractivity contribution >= 4 is 0 Å². The summed E-state index contributed by atoms with van der Waals surface area (Å²) < 4.78 is 3.34. The lowest BCUT2D eigenvalue weighted by Gasteiger charge is -2.09. The van der Waals surface area contributed by atoms with Crippen molar-refractivity contribution in [1.29, 1.82) is 0 Å². The fourth-order valence-electron chi connectivity index (χ4n) is 1.65. The van der Waals surface area contributed by atoms with Crippen LogP contribution in [0.3, 0.4) is 0 Å². The van der Waals surface area contributed by atoms with Gasteiger partial charge in [0.05, 0.1) is 0 Å². The highest BCUT2D eigenvalue weighted by molar-refractivity contribution is 4.90. The van der Waals surface area contributed by atoms with Crippen molar-refractivity contribution < 1.29 is 0 Å². The molecular formula is C8H13N3O. The van der Waals surface area contributed by atoms with Crippen LogP contribution in [0.2, 0.25) is 0 Å². The summed E-state index contributed by atoms with van der Waals surface area (Å²) in [5.41, 5.74) is 0.0622. The number of nitrogens with zero attached hydrogens (tertiary/aromatic N) is 3. The Kier molecular flexibility index (Phi) is 1.75. The van der Waals surface area contributed by atoms with Gasteiger partial charge in [0.25, 0.3) is 0 Å². The van der Waals surface area contributed by atoms with Crippen LogP contribution in [-0.4, -0.2) is 14.3 Å². The molecule has 0 amide bonds. The normalized spacial score (nSPS) is 16.1. The molecule has 0 unspecified atom stereocenters. The maximum Gasteiger partial charge on any atom is 0.345 e. The summed E-state index contributed by atoms with van der Waals surface area (Å²) in [5.74, 6) is 0.966. The molecule has 12 heavy (non-hydrogen) atoms. The molecule has 0 saturated carbocycles. The number of aryl methyl sites for hydroxylation is 2. The van der Waals surface area contributed by atoms with Crippen molar-refractivity contribution in [3.63, 3.8) is 0 Å². The molecule has 0 atom stereocenters. The van der Waals surface area contributed by atoms with Gasteiger partial charge in [-0.3, -0.25) is 4.57 Å². The number of fused-ring (bicyclic) bond motifs is 1. The summed E-state index contributed by atoms with van der Waals surface area (Å²) in [6, 6.07) is 0. The van der Waals surface area contributed by atoms with Crippen LogP contribution in [0, 0.1) is 0 Å². The van der Waals surface area contributed by atoms with Gasteiger partial charge in [-0.15, -0.1) is 0 Å². The van der Waals surface area contributed by atoms with Crippen LogP contribution in [0.15, 0.2) is 4.79 Å². The highest BCUT2D eigenvalue weighted by atomic mass is 16.2. The lowest BCUT2D eigenvalue weighted by Crippen LogP contribution is -2.26. The molecule has 0 aromatic carbocycles. The Labute approximate surface area is 70.8 Å². The molecule has 1 aliphatic heterocycles. The minimum absolute atomic E-state index is 0.0622. The van der Waals surface area contributed by atoms with Crippen LogP contribution < -0.4 is 5.69 Å². The molecule has 0 saturated heterocycles. The average Bonchev–Trinajstić information content (AvgIpc) is 2.44. The molecule has 1 aliphatic rings. The first-order chi connectivity index (χ1) is 5.83. The van der Waals surface area contributed by atoms with Crippen molar-refractivity contribution in [3.05, 3.63) is 16.3 Å². The Balaban J connectivity index is 2.52. The molecule has 1 aromatic rings. The van der Waals surface area contributed by atoms with Gasteiger partial charge in [-0.25, -0.2) is 9.48 Å². The van der Waals surface area contributed by atoms with Crippen molar-refractivity contribution in [1.82, 2.24) is 14.3 Å². The van der Waals surface area contributed by atoms with Gasteiger partial charge >= 0.3 is 5.69 Å². The first-order valence-electron chi connectivity index (χ1n) is 4.49. The Bertz CT molecular complexity index is 337. The molecule has 0 N–H and O–H groups in total. The zero-order valence-electron chi connectivity index (χ0n) is 7.29. The van der Waals surface area contributed by atoms with Gasteiger partial charge in [0.1, 0.15) is 5.82 Å². The quantitative estimate of drug-likeness (QED) is 0.607. The van der Waals surface area contributed by atoms with E-state index in [4.69, 9.17) is 0 Å². The van der Waals surface area contributed by atoms with E-state index in [9.17, 15) is 4.79 Å². The van der Waals surface area contributed by atoms with Crippen LogP contribution in [0.1, 0.15) is 25.6 Å². The Hall–Kier alpha value is -1.06. The van der Waals surface area contributed by atoms with E-state index >= 15 is 0 Å². The molecule has 0 fully saturated rings. The molecule has 4 nitrogen and oxygen atoms in total. The predicted octanol–water partition coefficient (Wildman–Crippen LogP) is 0.401. The average molecular weight is 167 g/mol. The SMILES string of the molecule is CCn1nc2n(c1=O)CCCC2. The lowest BCUT2D eigenvalue weighted by atomic mass is 10.2. The van der Waals surface area contributed by atoms with Crippen molar-refractivity contribution in [3.8, 4) is 0 Å². The number of hydrogen-bond acceptors (Lipinski definition) is 2. The zero-order valence-corrected chi connectivity index (χ0v) is 7.29. The van der Waals surface area contributed by atoms with Crippen LogP contribution in [0.25, 0.3) is 0 Å². The third kappa shape index (κ3) is 0.983. The molecule has 1 aromatic heterocycles. The van der Waals surface area contributed by atoms with E-state index in [2.05, 4.69) is 5.10 Å². The molecule has 0 bridgehead atoms. The molecule has 0 spiro atoms. The standard InChI is InChI=1S/C8H13N3O/c1-2-11-8(12)10-6-4-3-5-7(10)9-11/h2-6H2,1H3. The fraction of sp³-hybridized carbons (Fsp3) is 0.750. The molecule has 2 rings (SSSR count). The van der Waals surface area contributed by atoms with Crippen molar-refractivity contribution in [2.75, 3.05) is 0 Å². The van der Waals surface area contributed by atoms with Crippen LogP contribution in [-0.2, 0) is 19.5 Å². The fourth-order valence-corrected chi connectivity index (χ4v) is 1.65. The first kappa shape index (κ1) is 7.58. The van der Waals surface area contributed by atoms with E-state index in [0.717, 1.165) is 25.2 Å². The van der Waals surface area contributed by atoms with Gasteiger partial charge in [0.15, 0.2) is 0 Å². The van der Waals surface area contributed by atoms with Gasteiger partial charge in [0, 0.05) is 19.5 Å². The second-order valence-electron chi connectivity index (χ2n) is 3.12. The largest absolute Gasteiger partial charge is 0.345 e. The van der Waals surface area contributed by atoms with Gasteiger partial charge < -0.3 is 0 Å². The Morgan fingerprint density at radius 2 is 2.33 bits per heavy atom. The van der Waals surface area contributed by atoms with Gasteiger partial charge in [-0.1, -0.05) is 0 Å². The maximum absolute atomic E-state index is 11.5. The Morgan fingerprint density at radius 3 is 3.00 bits per heavy atom. The third-order valence-corrected chi connectivity index (χ3v) is 2.33. The summed E-state index contributed by atoms with van der Waals surface area (Å²) in [7, 11) is 0. The maximum atomic E-state index is 11.5. The number of aromatic nitrogens is 3. The highest BCUT2D eigenvalue weighted by Gasteiger charge is 2.14. The highest BCUT2D eigenvalue weighted by Crippen LogP contribution is 2.08. The molecule has 4 heteroatoms. The van der Waals surface area contributed by atoms with E-state index in [1.807, 2.05) is 6.92 Å². The van der Waals surface area contributed by atoms with E-state index in [-0.39, 0.29) is 5.69 Å². The minimum atomic E-state index is 0.0622. The zero-order chi connectivity index (χ0) is 8.55. The second-order valence-corrected chi connectivity index (χ2v) is 3.12. The van der Waals surface area contributed by atoms with E-state index in [1.165, 1.54) is 6.42 Å².